The van der Waals surface area contributed by atoms with Crippen LogP contribution >= 0.6 is 11.6 Å². The standard InChI is InChI=1S/C24H23ClN2O3/c1-29-17-11-12-22(30-2)21(15-17)26-24(28)27-14-13-16-7-3-4-8-18(16)23(27)19-9-5-6-10-20(19)25/h3-12,15,23H,13-14H2,1-2H3,(H,26,28)/t23-/m1/s1. The normalized spacial score (nSPS) is 15.3. The van der Waals surface area contributed by atoms with Crippen LogP contribution in [0.4, 0.5) is 10.5 Å². The molecule has 3 aromatic carbocycles. The first kappa shape index (κ1) is 20.1. The molecular formula is C24H23ClN2O3. The van der Waals surface area contributed by atoms with E-state index in [1.807, 2.05) is 41.3 Å². The Bertz CT molecular complexity index is 1070. The molecule has 0 aliphatic carbocycles. The molecule has 1 atom stereocenters. The summed E-state index contributed by atoms with van der Waals surface area (Å²) in [6.45, 7) is 0.574. The van der Waals surface area contributed by atoms with Crippen molar-refractivity contribution < 1.29 is 14.3 Å². The van der Waals surface area contributed by atoms with Crippen molar-refractivity contribution >= 4 is 23.3 Å². The highest BCUT2D eigenvalue weighted by Crippen LogP contribution is 2.39. The summed E-state index contributed by atoms with van der Waals surface area (Å²) in [5, 5.41) is 3.63. The Labute approximate surface area is 181 Å². The van der Waals surface area contributed by atoms with Crippen LogP contribution in [-0.4, -0.2) is 31.7 Å². The summed E-state index contributed by atoms with van der Waals surface area (Å²) in [6.07, 6.45) is 0.778. The van der Waals surface area contributed by atoms with Gasteiger partial charge in [0.05, 0.1) is 25.9 Å². The van der Waals surface area contributed by atoms with Gasteiger partial charge in [0.2, 0.25) is 0 Å². The highest BCUT2D eigenvalue weighted by Gasteiger charge is 2.33. The topological polar surface area (TPSA) is 50.8 Å². The third kappa shape index (κ3) is 3.81. The second kappa shape index (κ2) is 8.67. The van der Waals surface area contributed by atoms with Crippen molar-refractivity contribution in [3.05, 3.63) is 88.4 Å². The minimum Gasteiger partial charge on any atom is -0.497 e. The van der Waals surface area contributed by atoms with Gasteiger partial charge in [-0.3, -0.25) is 0 Å². The van der Waals surface area contributed by atoms with Crippen LogP contribution in [-0.2, 0) is 6.42 Å². The Balaban J connectivity index is 1.72. The smallest absolute Gasteiger partial charge is 0.322 e. The van der Waals surface area contributed by atoms with E-state index in [0.29, 0.717) is 28.8 Å². The second-order valence-electron chi connectivity index (χ2n) is 7.06. The quantitative estimate of drug-likeness (QED) is 0.600. The number of urea groups is 1. The Kier molecular flexibility index (Phi) is 5.81. The van der Waals surface area contributed by atoms with E-state index >= 15 is 0 Å². The molecule has 1 N–H and O–H groups in total. The molecule has 0 saturated heterocycles. The number of carbonyl (C=O) groups excluding carboxylic acids is 1. The Morgan fingerprint density at radius 3 is 2.47 bits per heavy atom. The minimum absolute atomic E-state index is 0.221. The molecule has 154 valence electrons. The van der Waals surface area contributed by atoms with E-state index in [2.05, 4.69) is 17.4 Å². The van der Waals surface area contributed by atoms with Crippen molar-refractivity contribution in [2.24, 2.45) is 0 Å². The maximum atomic E-state index is 13.4. The zero-order valence-electron chi connectivity index (χ0n) is 16.9. The van der Waals surface area contributed by atoms with E-state index in [0.717, 1.165) is 17.5 Å². The molecule has 0 unspecified atom stereocenters. The highest BCUT2D eigenvalue weighted by molar-refractivity contribution is 6.31. The lowest BCUT2D eigenvalue weighted by Gasteiger charge is -2.38. The van der Waals surface area contributed by atoms with E-state index in [1.165, 1.54) is 5.56 Å². The number of halogens is 1. The predicted octanol–water partition coefficient (Wildman–Crippen LogP) is 5.54. The molecule has 0 spiro atoms. The van der Waals surface area contributed by atoms with Gasteiger partial charge in [0.1, 0.15) is 11.5 Å². The molecule has 0 aromatic heterocycles. The summed E-state index contributed by atoms with van der Waals surface area (Å²) >= 11 is 6.55. The number of nitrogens with zero attached hydrogens (tertiary/aromatic N) is 1. The van der Waals surface area contributed by atoms with Crippen molar-refractivity contribution in [1.29, 1.82) is 0 Å². The summed E-state index contributed by atoms with van der Waals surface area (Å²) < 4.78 is 10.7. The molecule has 6 heteroatoms. The fourth-order valence-corrected chi connectivity index (χ4v) is 4.16. The second-order valence-corrected chi connectivity index (χ2v) is 7.47. The number of carbonyl (C=O) groups is 1. The SMILES string of the molecule is COc1ccc(OC)c(NC(=O)N2CCc3ccccc3[C@@H]2c2ccccc2Cl)c1. The maximum Gasteiger partial charge on any atom is 0.322 e. The van der Waals surface area contributed by atoms with Crippen LogP contribution in [0.3, 0.4) is 0 Å². The van der Waals surface area contributed by atoms with Gasteiger partial charge in [-0.15, -0.1) is 0 Å². The first-order valence-electron chi connectivity index (χ1n) is 9.74. The van der Waals surface area contributed by atoms with Gasteiger partial charge in [0, 0.05) is 17.6 Å². The fraction of sp³-hybridized carbons (Fsp3) is 0.208. The van der Waals surface area contributed by atoms with Gasteiger partial charge in [-0.2, -0.15) is 0 Å². The summed E-state index contributed by atoms with van der Waals surface area (Å²) in [5.41, 5.74) is 3.77. The van der Waals surface area contributed by atoms with Gasteiger partial charge in [-0.25, -0.2) is 4.79 Å². The summed E-state index contributed by atoms with van der Waals surface area (Å²) in [4.78, 5) is 15.2. The Hall–Kier alpha value is -3.18. The van der Waals surface area contributed by atoms with E-state index in [1.54, 1.807) is 32.4 Å². The van der Waals surface area contributed by atoms with Crippen LogP contribution in [0.1, 0.15) is 22.7 Å². The van der Waals surface area contributed by atoms with Crippen molar-refractivity contribution in [2.45, 2.75) is 12.5 Å². The molecule has 3 aromatic rings. The van der Waals surface area contributed by atoms with E-state index < -0.39 is 0 Å². The van der Waals surface area contributed by atoms with Crippen LogP contribution in [0, 0.1) is 0 Å². The van der Waals surface area contributed by atoms with Crippen molar-refractivity contribution in [3.63, 3.8) is 0 Å². The summed E-state index contributed by atoms with van der Waals surface area (Å²) in [6, 6.07) is 20.7. The molecule has 0 fully saturated rings. The number of hydrogen-bond acceptors (Lipinski definition) is 3. The van der Waals surface area contributed by atoms with Gasteiger partial charge in [0.15, 0.2) is 0 Å². The average molecular weight is 423 g/mol. The zero-order valence-corrected chi connectivity index (χ0v) is 17.6. The molecule has 1 aliphatic heterocycles. The fourth-order valence-electron chi connectivity index (χ4n) is 3.92. The monoisotopic (exact) mass is 422 g/mol. The van der Waals surface area contributed by atoms with Gasteiger partial charge in [0.25, 0.3) is 0 Å². The zero-order chi connectivity index (χ0) is 21.1. The molecule has 5 nitrogen and oxygen atoms in total. The first-order chi connectivity index (χ1) is 14.6. The largest absolute Gasteiger partial charge is 0.497 e. The molecule has 0 saturated carbocycles. The van der Waals surface area contributed by atoms with Crippen LogP contribution < -0.4 is 14.8 Å². The lowest BCUT2D eigenvalue weighted by Crippen LogP contribution is -2.43. The molecule has 30 heavy (non-hydrogen) atoms. The van der Waals surface area contributed by atoms with Gasteiger partial charge in [-0.05, 0) is 41.3 Å². The van der Waals surface area contributed by atoms with E-state index in [-0.39, 0.29) is 12.1 Å². The van der Waals surface area contributed by atoms with Gasteiger partial charge in [-0.1, -0.05) is 54.1 Å². The number of rotatable bonds is 4. The molecule has 2 amide bonds. The lowest BCUT2D eigenvalue weighted by atomic mass is 9.88. The van der Waals surface area contributed by atoms with Crippen LogP contribution in [0.2, 0.25) is 5.02 Å². The number of hydrogen-bond donors (Lipinski definition) is 1. The van der Waals surface area contributed by atoms with Crippen LogP contribution in [0.15, 0.2) is 66.7 Å². The third-order valence-corrected chi connectivity index (χ3v) is 5.74. The number of fused-ring (bicyclic) bond motifs is 1. The van der Waals surface area contributed by atoms with Crippen molar-refractivity contribution in [2.75, 3.05) is 26.1 Å². The molecular weight excluding hydrogens is 400 g/mol. The third-order valence-electron chi connectivity index (χ3n) is 5.39. The Morgan fingerprint density at radius 2 is 1.73 bits per heavy atom. The van der Waals surface area contributed by atoms with E-state index in [9.17, 15) is 4.79 Å². The molecule has 1 heterocycles. The Morgan fingerprint density at radius 1 is 1.00 bits per heavy atom. The van der Waals surface area contributed by atoms with Gasteiger partial charge < -0.3 is 19.7 Å². The predicted molar refractivity (Wildman–Crippen MR) is 119 cm³/mol. The number of methoxy groups -OCH3 is 2. The highest BCUT2D eigenvalue weighted by atomic mass is 35.5. The minimum atomic E-state index is -0.278. The van der Waals surface area contributed by atoms with Crippen LogP contribution in [0.5, 0.6) is 11.5 Å². The maximum absolute atomic E-state index is 13.4. The number of nitrogens with one attached hydrogen (secondary N) is 1. The molecule has 1 aliphatic rings. The molecule has 0 radical (unpaired) electrons. The number of ether oxygens (including phenoxy) is 2. The summed E-state index contributed by atoms with van der Waals surface area (Å²) in [7, 11) is 3.16. The van der Waals surface area contributed by atoms with Crippen molar-refractivity contribution in [1.82, 2.24) is 4.90 Å². The first-order valence-corrected chi connectivity index (χ1v) is 10.1. The van der Waals surface area contributed by atoms with Crippen LogP contribution in [0.25, 0.3) is 0 Å². The molecule has 0 bridgehead atoms. The number of anilines is 1. The molecule has 4 rings (SSSR count). The summed E-state index contributed by atoms with van der Waals surface area (Å²) in [5.74, 6) is 1.20. The van der Waals surface area contributed by atoms with E-state index in [4.69, 9.17) is 21.1 Å². The lowest BCUT2D eigenvalue weighted by molar-refractivity contribution is 0.194. The number of benzene rings is 3. The van der Waals surface area contributed by atoms with Gasteiger partial charge >= 0.3 is 6.03 Å². The number of amides is 2. The average Bonchev–Trinajstić information content (AvgIpc) is 2.78. The van der Waals surface area contributed by atoms with Crippen molar-refractivity contribution in [3.8, 4) is 11.5 Å².